The van der Waals surface area contributed by atoms with Crippen molar-refractivity contribution in [2.45, 2.75) is 57.5 Å². The first kappa shape index (κ1) is 27.6. The number of aromatic nitrogens is 2. The highest BCUT2D eigenvalue weighted by Crippen LogP contribution is 2.31. The molecule has 1 aromatic heterocycles. The van der Waals surface area contributed by atoms with Crippen LogP contribution in [0.2, 0.25) is 0 Å². The van der Waals surface area contributed by atoms with Crippen molar-refractivity contribution in [1.82, 2.24) is 20.4 Å². The summed E-state index contributed by atoms with van der Waals surface area (Å²) in [7, 11) is 3.17. The molecule has 0 radical (unpaired) electrons. The standard InChI is InChI=1S/C30H37N5O5/c1-38-25-15-14-20(17-26(25)39-2)28-33-27(40-34-28)19-35-16-8-9-21(18-35)29(36)32-24-13-7-6-12-23(24)30(37)31-22-10-4-3-5-11-22/h6-7,12-15,17,21-22H,3-5,8-11,16,18-19H2,1-2H3,(H,31,37)(H,32,36). The maximum atomic E-state index is 13.3. The Hall–Kier alpha value is -3.92. The Kier molecular flexibility index (Phi) is 8.95. The van der Waals surface area contributed by atoms with Crippen molar-refractivity contribution >= 4 is 17.5 Å². The highest BCUT2D eigenvalue weighted by Gasteiger charge is 2.28. The number of methoxy groups -OCH3 is 2. The van der Waals surface area contributed by atoms with Crippen molar-refractivity contribution in [3.8, 4) is 22.9 Å². The molecule has 1 unspecified atom stereocenters. The zero-order chi connectivity index (χ0) is 27.9. The van der Waals surface area contributed by atoms with Gasteiger partial charge in [-0.1, -0.05) is 36.6 Å². The van der Waals surface area contributed by atoms with E-state index in [2.05, 4.69) is 25.7 Å². The number of likely N-dealkylation sites (tertiary alicyclic amines) is 1. The van der Waals surface area contributed by atoms with E-state index >= 15 is 0 Å². The van der Waals surface area contributed by atoms with E-state index in [1.165, 1.54) is 6.42 Å². The second kappa shape index (κ2) is 13.0. The van der Waals surface area contributed by atoms with Gasteiger partial charge in [-0.25, -0.2) is 0 Å². The minimum atomic E-state index is -0.212. The maximum Gasteiger partial charge on any atom is 0.253 e. The number of anilines is 1. The molecule has 1 aliphatic carbocycles. The van der Waals surface area contributed by atoms with Gasteiger partial charge in [-0.15, -0.1) is 0 Å². The Bertz CT molecular complexity index is 1320. The lowest BCUT2D eigenvalue weighted by Crippen LogP contribution is -2.40. The number of para-hydroxylation sites is 1. The van der Waals surface area contributed by atoms with Crippen molar-refractivity contribution in [1.29, 1.82) is 0 Å². The fraction of sp³-hybridized carbons (Fsp3) is 0.467. The number of nitrogens with one attached hydrogen (secondary N) is 2. The second-order valence-electron chi connectivity index (χ2n) is 10.5. The van der Waals surface area contributed by atoms with Crippen LogP contribution in [0.25, 0.3) is 11.4 Å². The summed E-state index contributed by atoms with van der Waals surface area (Å²) < 4.78 is 16.2. The first-order valence-corrected chi connectivity index (χ1v) is 14.0. The van der Waals surface area contributed by atoms with Crippen LogP contribution < -0.4 is 20.1 Å². The average Bonchev–Trinajstić information content (AvgIpc) is 3.46. The van der Waals surface area contributed by atoms with E-state index in [4.69, 9.17) is 14.0 Å². The molecule has 2 heterocycles. The van der Waals surface area contributed by atoms with E-state index in [1.54, 1.807) is 32.4 Å². The van der Waals surface area contributed by atoms with Crippen LogP contribution in [0.1, 0.15) is 61.2 Å². The Morgan fingerprint density at radius 3 is 2.60 bits per heavy atom. The van der Waals surface area contributed by atoms with Crippen LogP contribution in [0.4, 0.5) is 5.69 Å². The number of ether oxygens (including phenoxy) is 2. The molecule has 0 bridgehead atoms. The lowest BCUT2D eigenvalue weighted by atomic mass is 9.95. The Morgan fingerprint density at radius 1 is 1.00 bits per heavy atom. The third-order valence-corrected chi connectivity index (χ3v) is 7.71. The van der Waals surface area contributed by atoms with Crippen molar-refractivity contribution in [2.24, 2.45) is 5.92 Å². The molecule has 0 spiro atoms. The third kappa shape index (κ3) is 6.62. The fourth-order valence-corrected chi connectivity index (χ4v) is 5.55. The topological polar surface area (TPSA) is 119 Å². The lowest BCUT2D eigenvalue weighted by Gasteiger charge is -2.31. The predicted octanol–water partition coefficient (Wildman–Crippen LogP) is 4.67. The van der Waals surface area contributed by atoms with Gasteiger partial charge in [-0.2, -0.15) is 4.98 Å². The predicted molar refractivity (Wildman–Crippen MR) is 150 cm³/mol. The number of carbonyl (C=O) groups excluding carboxylic acids is 2. The Balaban J connectivity index is 1.19. The van der Waals surface area contributed by atoms with Crippen LogP contribution in [0.15, 0.2) is 47.0 Å². The van der Waals surface area contributed by atoms with Crippen LogP contribution in [-0.4, -0.2) is 60.2 Å². The number of hydrogen-bond donors (Lipinski definition) is 2. The number of rotatable bonds is 9. The molecule has 10 nitrogen and oxygen atoms in total. The minimum Gasteiger partial charge on any atom is -0.493 e. The number of benzene rings is 2. The minimum absolute atomic E-state index is 0.0841. The van der Waals surface area contributed by atoms with Crippen LogP contribution in [0, 0.1) is 5.92 Å². The third-order valence-electron chi connectivity index (χ3n) is 7.71. The average molecular weight is 548 g/mol. The molecule has 212 valence electrons. The molecule has 10 heteroatoms. The zero-order valence-corrected chi connectivity index (χ0v) is 23.2. The van der Waals surface area contributed by atoms with Crippen LogP contribution in [0.3, 0.4) is 0 Å². The van der Waals surface area contributed by atoms with Gasteiger partial charge in [0, 0.05) is 18.2 Å². The molecular weight excluding hydrogens is 510 g/mol. The first-order chi connectivity index (χ1) is 19.5. The van der Waals surface area contributed by atoms with Gasteiger partial charge in [0.15, 0.2) is 11.5 Å². The monoisotopic (exact) mass is 547 g/mol. The number of hydrogen-bond acceptors (Lipinski definition) is 8. The first-order valence-electron chi connectivity index (χ1n) is 14.0. The van der Waals surface area contributed by atoms with Crippen LogP contribution >= 0.6 is 0 Å². The molecule has 40 heavy (non-hydrogen) atoms. The van der Waals surface area contributed by atoms with Crippen molar-refractivity contribution < 1.29 is 23.6 Å². The SMILES string of the molecule is COc1ccc(-c2noc(CN3CCCC(C(=O)Nc4ccccc4C(=O)NC4CCCCC4)C3)n2)cc1OC. The molecule has 1 saturated heterocycles. The van der Waals surface area contributed by atoms with Crippen LogP contribution in [-0.2, 0) is 11.3 Å². The molecule has 2 fully saturated rings. The van der Waals surface area contributed by atoms with E-state index in [0.29, 0.717) is 47.6 Å². The van der Waals surface area contributed by atoms with Gasteiger partial charge < -0.3 is 24.6 Å². The maximum absolute atomic E-state index is 13.3. The van der Waals surface area contributed by atoms with Gasteiger partial charge in [0.25, 0.3) is 5.91 Å². The summed E-state index contributed by atoms with van der Waals surface area (Å²) in [6.07, 6.45) is 7.17. The quantitative estimate of drug-likeness (QED) is 0.397. The molecule has 1 atom stereocenters. The lowest BCUT2D eigenvalue weighted by molar-refractivity contribution is -0.121. The number of amides is 2. The smallest absolute Gasteiger partial charge is 0.253 e. The van der Waals surface area contributed by atoms with Gasteiger partial charge in [0.2, 0.25) is 17.6 Å². The highest BCUT2D eigenvalue weighted by molar-refractivity contribution is 6.04. The molecule has 2 N–H and O–H groups in total. The Labute approximate surface area is 234 Å². The summed E-state index contributed by atoms with van der Waals surface area (Å²) in [5.41, 5.74) is 1.81. The van der Waals surface area contributed by atoms with E-state index in [1.807, 2.05) is 24.3 Å². The fourth-order valence-electron chi connectivity index (χ4n) is 5.55. The summed E-state index contributed by atoms with van der Waals surface area (Å²) >= 11 is 0. The number of nitrogens with zero attached hydrogens (tertiary/aromatic N) is 3. The van der Waals surface area contributed by atoms with Crippen LogP contribution in [0.5, 0.6) is 11.5 Å². The molecule has 3 aromatic rings. The molecule has 1 aliphatic heterocycles. The summed E-state index contributed by atoms with van der Waals surface area (Å²) in [6, 6.07) is 12.9. The van der Waals surface area contributed by atoms with E-state index < -0.39 is 0 Å². The van der Waals surface area contributed by atoms with Gasteiger partial charge in [-0.05, 0) is 62.6 Å². The molecule has 2 amide bonds. The summed E-state index contributed by atoms with van der Waals surface area (Å²) in [6.45, 7) is 1.85. The molecule has 1 saturated carbocycles. The van der Waals surface area contributed by atoms with Crippen molar-refractivity contribution in [2.75, 3.05) is 32.6 Å². The van der Waals surface area contributed by atoms with Gasteiger partial charge in [0.05, 0.1) is 37.9 Å². The van der Waals surface area contributed by atoms with Gasteiger partial charge in [-0.3, -0.25) is 14.5 Å². The van der Waals surface area contributed by atoms with Gasteiger partial charge in [0.1, 0.15) is 0 Å². The number of carbonyl (C=O) groups is 2. The van der Waals surface area contributed by atoms with E-state index in [9.17, 15) is 9.59 Å². The van der Waals surface area contributed by atoms with Crippen molar-refractivity contribution in [3.63, 3.8) is 0 Å². The summed E-state index contributed by atoms with van der Waals surface area (Å²) in [4.78, 5) is 33.0. The van der Waals surface area contributed by atoms with Crippen molar-refractivity contribution in [3.05, 3.63) is 53.9 Å². The Morgan fingerprint density at radius 2 is 1.80 bits per heavy atom. The molecule has 2 aromatic carbocycles. The summed E-state index contributed by atoms with van der Waals surface area (Å²) in [5.74, 6) is 1.73. The molecular formula is C30H37N5O5. The number of piperidine rings is 1. The van der Waals surface area contributed by atoms with Gasteiger partial charge >= 0.3 is 0 Å². The molecule has 5 rings (SSSR count). The highest BCUT2D eigenvalue weighted by atomic mass is 16.5. The summed E-state index contributed by atoms with van der Waals surface area (Å²) in [5, 5.41) is 10.3. The zero-order valence-electron chi connectivity index (χ0n) is 23.2. The van der Waals surface area contributed by atoms with E-state index in [-0.39, 0.29) is 23.8 Å². The largest absolute Gasteiger partial charge is 0.493 e. The molecule has 2 aliphatic rings. The van der Waals surface area contributed by atoms with E-state index in [0.717, 1.165) is 50.6 Å². The second-order valence-corrected chi connectivity index (χ2v) is 10.5. The normalized spacial score (nSPS) is 18.2.